The molecule has 1 atom stereocenters. The zero-order chi connectivity index (χ0) is 10.8. The van der Waals surface area contributed by atoms with Gasteiger partial charge in [0.15, 0.2) is 0 Å². The quantitative estimate of drug-likeness (QED) is 0.819. The molecule has 0 amide bonds. The summed E-state index contributed by atoms with van der Waals surface area (Å²) in [6.45, 7) is 4.22. The Balaban J connectivity index is 2.38. The van der Waals surface area contributed by atoms with Crippen LogP contribution in [0.3, 0.4) is 0 Å². The molecule has 0 saturated carbocycles. The molecule has 0 aliphatic heterocycles. The van der Waals surface area contributed by atoms with Crippen LogP contribution in [0, 0.1) is 13.8 Å². The fourth-order valence-corrected chi connectivity index (χ4v) is 2.50. The molecule has 0 fully saturated rings. The first-order chi connectivity index (χ1) is 7.18. The lowest BCUT2D eigenvalue weighted by atomic mass is 9.96. The molecule has 0 saturated heterocycles. The molecule has 1 aromatic carbocycles. The van der Waals surface area contributed by atoms with Gasteiger partial charge in [-0.2, -0.15) is 11.3 Å². The minimum absolute atomic E-state index is 0.0110. The number of aryl methyl sites for hydroxylation is 2. The van der Waals surface area contributed by atoms with Gasteiger partial charge in [-0.15, -0.1) is 0 Å². The van der Waals surface area contributed by atoms with Gasteiger partial charge in [-0.3, -0.25) is 0 Å². The number of nitrogens with two attached hydrogens (primary N) is 1. The van der Waals surface area contributed by atoms with Crippen LogP contribution in [0.2, 0.25) is 0 Å². The first-order valence-electron chi connectivity index (χ1n) is 5.03. The molecule has 1 nitrogen and oxygen atoms in total. The molecule has 1 aromatic heterocycles. The lowest BCUT2D eigenvalue weighted by Gasteiger charge is -2.14. The third kappa shape index (κ3) is 2.11. The van der Waals surface area contributed by atoms with Gasteiger partial charge in [0.25, 0.3) is 0 Å². The van der Waals surface area contributed by atoms with Crippen molar-refractivity contribution in [1.29, 1.82) is 0 Å². The fraction of sp³-hybridized carbons (Fsp3) is 0.231. The molecule has 0 bridgehead atoms. The second-order valence-corrected chi connectivity index (χ2v) is 4.67. The number of hydrogen-bond donors (Lipinski definition) is 1. The van der Waals surface area contributed by atoms with Gasteiger partial charge in [0.1, 0.15) is 0 Å². The van der Waals surface area contributed by atoms with Crippen molar-refractivity contribution < 1.29 is 0 Å². The lowest BCUT2D eigenvalue weighted by molar-refractivity contribution is 0.866. The average molecular weight is 217 g/mol. The molecule has 78 valence electrons. The van der Waals surface area contributed by atoms with Crippen LogP contribution in [-0.2, 0) is 0 Å². The number of hydrogen-bond acceptors (Lipinski definition) is 2. The minimum atomic E-state index is 0.0110. The molecular weight excluding hydrogens is 202 g/mol. The molecule has 0 unspecified atom stereocenters. The zero-order valence-electron chi connectivity index (χ0n) is 9.03. The van der Waals surface area contributed by atoms with E-state index in [-0.39, 0.29) is 6.04 Å². The van der Waals surface area contributed by atoms with E-state index in [9.17, 15) is 0 Å². The summed E-state index contributed by atoms with van der Waals surface area (Å²) in [5, 5.41) is 4.18. The van der Waals surface area contributed by atoms with E-state index in [2.05, 4.69) is 48.9 Å². The molecule has 0 radical (unpaired) electrons. The molecule has 1 heterocycles. The smallest absolute Gasteiger partial charge is 0.0562 e. The van der Waals surface area contributed by atoms with Crippen molar-refractivity contribution in [2.75, 3.05) is 0 Å². The molecule has 2 N–H and O–H groups in total. The van der Waals surface area contributed by atoms with Crippen molar-refractivity contribution in [3.63, 3.8) is 0 Å². The largest absolute Gasteiger partial charge is 0.320 e. The van der Waals surface area contributed by atoms with Gasteiger partial charge >= 0.3 is 0 Å². The summed E-state index contributed by atoms with van der Waals surface area (Å²) < 4.78 is 0. The number of thiophene rings is 1. The number of benzene rings is 1. The van der Waals surface area contributed by atoms with Crippen molar-refractivity contribution >= 4 is 11.3 Å². The maximum Gasteiger partial charge on any atom is 0.0562 e. The fourth-order valence-electron chi connectivity index (χ4n) is 1.81. The summed E-state index contributed by atoms with van der Waals surface area (Å²) in [5.41, 5.74) is 11.2. The number of rotatable bonds is 2. The summed E-state index contributed by atoms with van der Waals surface area (Å²) >= 11 is 1.69. The maximum atomic E-state index is 6.22. The Morgan fingerprint density at radius 1 is 1.20 bits per heavy atom. The Hall–Kier alpha value is -1.12. The maximum absolute atomic E-state index is 6.22. The van der Waals surface area contributed by atoms with E-state index < -0.39 is 0 Å². The van der Waals surface area contributed by atoms with Crippen LogP contribution in [-0.4, -0.2) is 0 Å². The van der Waals surface area contributed by atoms with E-state index in [1.807, 2.05) is 0 Å². The Morgan fingerprint density at radius 3 is 2.60 bits per heavy atom. The van der Waals surface area contributed by atoms with Gasteiger partial charge in [-0.1, -0.05) is 23.8 Å². The van der Waals surface area contributed by atoms with E-state index in [0.29, 0.717) is 0 Å². The summed E-state index contributed by atoms with van der Waals surface area (Å²) in [6, 6.07) is 8.54. The highest BCUT2D eigenvalue weighted by atomic mass is 32.1. The van der Waals surface area contributed by atoms with Crippen molar-refractivity contribution in [1.82, 2.24) is 0 Å². The standard InChI is InChI=1S/C13H15NS/c1-9-3-4-12(10(2)7-9)13(14)11-5-6-15-8-11/h3-8,13H,14H2,1-2H3/t13-/m0/s1. The highest BCUT2D eigenvalue weighted by Gasteiger charge is 2.11. The highest BCUT2D eigenvalue weighted by molar-refractivity contribution is 7.08. The van der Waals surface area contributed by atoms with E-state index in [0.717, 1.165) is 0 Å². The molecular formula is C13H15NS. The second-order valence-electron chi connectivity index (χ2n) is 3.89. The van der Waals surface area contributed by atoms with E-state index in [1.54, 1.807) is 11.3 Å². The molecule has 15 heavy (non-hydrogen) atoms. The summed E-state index contributed by atoms with van der Waals surface area (Å²) in [4.78, 5) is 0. The van der Waals surface area contributed by atoms with Gasteiger partial charge in [-0.25, -0.2) is 0 Å². The Morgan fingerprint density at radius 2 is 2.00 bits per heavy atom. The first-order valence-corrected chi connectivity index (χ1v) is 5.97. The van der Waals surface area contributed by atoms with Crippen LogP contribution in [0.25, 0.3) is 0 Å². The normalized spacial score (nSPS) is 12.7. The Labute approximate surface area is 94.6 Å². The summed E-state index contributed by atoms with van der Waals surface area (Å²) in [5.74, 6) is 0. The third-order valence-electron chi connectivity index (χ3n) is 2.66. The minimum Gasteiger partial charge on any atom is -0.320 e. The van der Waals surface area contributed by atoms with Gasteiger partial charge in [-0.05, 0) is 47.4 Å². The molecule has 2 aromatic rings. The Kier molecular flexibility index (Phi) is 2.89. The van der Waals surface area contributed by atoms with Gasteiger partial charge in [0, 0.05) is 0 Å². The third-order valence-corrected chi connectivity index (χ3v) is 3.36. The molecule has 0 spiro atoms. The van der Waals surface area contributed by atoms with Crippen LogP contribution in [0.4, 0.5) is 0 Å². The highest BCUT2D eigenvalue weighted by Crippen LogP contribution is 2.24. The first kappa shape index (κ1) is 10.4. The van der Waals surface area contributed by atoms with Crippen molar-refractivity contribution in [2.24, 2.45) is 5.73 Å². The van der Waals surface area contributed by atoms with Gasteiger partial charge in [0.05, 0.1) is 6.04 Å². The van der Waals surface area contributed by atoms with Crippen molar-refractivity contribution in [3.05, 3.63) is 57.3 Å². The van der Waals surface area contributed by atoms with Crippen LogP contribution in [0.1, 0.15) is 28.3 Å². The van der Waals surface area contributed by atoms with Gasteiger partial charge in [0.2, 0.25) is 0 Å². The summed E-state index contributed by atoms with van der Waals surface area (Å²) in [7, 11) is 0. The van der Waals surface area contributed by atoms with E-state index in [4.69, 9.17) is 5.73 Å². The van der Waals surface area contributed by atoms with Crippen LogP contribution >= 0.6 is 11.3 Å². The summed E-state index contributed by atoms with van der Waals surface area (Å²) in [6.07, 6.45) is 0. The topological polar surface area (TPSA) is 26.0 Å². The molecule has 2 rings (SSSR count). The van der Waals surface area contributed by atoms with E-state index in [1.165, 1.54) is 22.3 Å². The second kappa shape index (κ2) is 4.17. The average Bonchev–Trinajstić information content (AvgIpc) is 2.69. The van der Waals surface area contributed by atoms with Crippen LogP contribution in [0.15, 0.2) is 35.0 Å². The SMILES string of the molecule is Cc1ccc([C@@H](N)c2ccsc2)c(C)c1. The predicted molar refractivity (Wildman–Crippen MR) is 66.3 cm³/mol. The van der Waals surface area contributed by atoms with Crippen LogP contribution in [0.5, 0.6) is 0 Å². The molecule has 2 heteroatoms. The predicted octanol–water partition coefficient (Wildman–Crippen LogP) is 3.41. The molecule has 0 aliphatic carbocycles. The van der Waals surface area contributed by atoms with Crippen molar-refractivity contribution in [3.8, 4) is 0 Å². The molecule has 0 aliphatic rings. The van der Waals surface area contributed by atoms with E-state index >= 15 is 0 Å². The van der Waals surface area contributed by atoms with Gasteiger partial charge < -0.3 is 5.73 Å². The zero-order valence-corrected chi connectivity index (χ0v) is 9.84. The monoisotopic (exact) mass is 217 g/mol. The lowest BCUT2D eigenvalue weighted by Crippen LogP contribution is -2.12. The Bertz CT molecular complexity index is 446. The van der Waals surface area contributed by atoms with Crippen molar-refractivity contribution in [2.45, 2.75) is 19.9 Å². The van der Waals surface area contributed by atoms with Crippen LogP contribution < -0.4 is 5.73 Å².